The van der Waals surface area contributed by atoms with Gasteiger partial charge in [-0.1, -0.05) is 18.3 Å². The van der Waals surface area contributed by atoms with E-state index in [1.54, 1.807) is 11.3 Å². The van der Waals surface area contributed by atoms with Crippen molar-refractivity contribution in [2.45, 2.75) is 11.3 Å². The normalized spacial score (nSPS) is 11.5. The summed E-state index contributed by atoms with van der Waals surface area (Å²) in [7, 11) is -3.87. The van der Waals surface area contributed by atoms with Crippen molar-refractivity contribution in [3.05, 3.63) is 52.0 Å². The fourth-order valence-electron chi connectivity index (χ4n) is 1.81. The molecule has 0 aliphatic heterocycles. The molecule has 0 bridgehead atoms. The lowest BCUT2D eigenvalue weighted by Gasteiger charge is -2.11. The molecule has 0 aliphatic carbocycles. The summed E-state index contributed by atoms with van der Waals surface area (Å²) in [6, 6.07) is 5.63. The van der Waals surface area contributed by atoms with Gasteiger partial charge in [0.1, 0.15) is 10.8 Å². The van der Waals surface area contributed by atoms with Crippen LogP contribution in [-0.2, 0) is 16.4 Å². The third kappa shape index (κ3) is 3.85. The average molecular weight is 344 g/mol. The van der Waals surface area contributed by atoms with E-state index in [4.69, 9.17) is 18.0 Å². The van der Waals surface area contributed by atoms with Crippen LogP contribution in [0.15, 0.2) is 39.9 Å². The molecule has 1 heterocycles. The highest BCUT2D eigenvalue weighted by molar-refractivity contribution is 7.89. The van der Waals surface area contributed by atoms with Crippen molar-refractivity contribution < 1.29 is 12.8 Å². The Hall–Kier alpha value is -1.35. The molecule has 0 saturated carbocycles. The van der Waals surface area contributed by atoms with E-state index >= 15 is 0 Å². The van der Waals surface area contributed by atoms with Crippen molar-refractivity contribution in [1.29, 1.82) is 0 Å². The number of nitrogens with two attached hydrogens (primary N) is 1. The minimum atomic E-state index is -3.87. The van der Waals surface area contributed by atoms with Crippen molar-refractivity contribution in [3.8, 4) is 0 Å². The summed E-state index contributed by atoms with van der Waals surface area (Å²) >= 11 is 6.27. The molecule has 0 amide bonds. The Labute approximate surface area is 131 Å². The molecular formula is C13H13FN2O2S3. The number of benzene rings is 1. The number of sulfonamides is 1. The molecule has 2 aromatic rings. The van der Waals surface area contributed by atoms with Crippen LogP contribution in [0, 0.1) is 5.82 Å². The Morgan fingerprint density at radius 3 is 2.76 bits per heavy atom. The zero-order valence-electron chi connectivity index (χ0n) is 10.9. The SMILES string of the molecule is NC(=S)c1c(F)cccc1S(=O)(=O)NCCc1ccsc1. The van der Waals surface area contributed by atoms with Gasteiger partial charge in [0.25, 0.3) is 0 Å². The summed E-state index contributed by atoms with van der Waals surface area (Å²) in [4.78, 5) is -0.522. The van der Waals surface area contributed by atoms with Crippen LogP contribution in [-0.4, -0.2) is 20.0 Å². The monoisotopic (exact) mass is 344 g/mol. The molecule has 1 aromatic carbocycles. The first-order chi connectivity index (χ1) is 9.92. The predicted molar refractivity (Wildman–Crippen MR) is 85.5 cm³/mol. The fraction of sp³-hybridized carbons (Fsp3) is 0.154. The molecule has 21 heavy (non-hydrogen) atoms. The molecule has 4 nitrogen and oxygen atoms in total. The van der Waals surface area contributed by atoms with Crippen LogP contribution in [0.2, 0.25) is 0 Å². The molecule has 2 rings (SSSR count). The van der Waals surface area contributed by atoms with Crippen LogP contribution in [0.3, 0.4) is 0 Å². The molecule has 1 aromatic heterocycles. The smallest absolute Gasteiger partial charge is 0.241 e. The maximum atomic E-state index is 13.7. The van der Waals surface area contributed by atoms with Crippen molar-refractivity contribution in [2.75, 3.05) is 6.54 Å². The van der Waals surface area contributed by atoms with E-state index in [9.17, 15) is 12.8 Å². The van der Waals surface area contributed by atoms with Gasteiger partial charge in [-0.05, 0) is 40.9 Å². The first kappa shape index (κ1) is 16.0. The third-order valence-electron chi connectivity index (χ3n) is 2.80. The molecule has 0 saturated heterocycles. The van der Waals surface area contributed by atoms with E-state index in [0.29, 0.717) is 6.42 Å². The van der Waals surface area contributed by atoms with E-state index in [1.165, 1.54) is 12.1 Å². The Morgan fingerprint density at radius 2 is 2.14 bits per heavy atom. The second-order valence-corrected chi connectivity index (χ2v) is 7.21. The molecule has 3 N–H and O–H groups in total. The maximum Gasteiger partial charge on any atom is 0.241 e. The van der Waals surface area contributed by atoms with E-state index < -0.39 is 15.8 Å². The zero-order chi connectivity index (χ0) is 15.5. The van der Waals surface area contributed by atoms with Gasteiger partial charge in [0, 0.05) is 6.54 Å². The van der Waals surface area contributed by atoms with Gasteiger partial charge < -0.3 is 5.73 Å². The van der Waals surface area contributed by atoms with E-state index in [0.717, 1.165) is 11.6 Å². The summed E-state index contributed by atoms with van der Waals surface area (Å²) in [6.45, 7) is 0.215. The molecule has 0 aliphatic rings. The summed E-state index contributed by atoms with van der Waals surface area (Å²) in [6.07, 6.45) is 0.556. The van der Waals surface area contributed by atoms with Gasteiger partial charge in [-0.25, -0.2) is 17.5 Å². The highest BCUT2D eigenvalue weighted by atomic mass is 32.2. The van der Waals surface area contributed by atoms with Gasteiger partial charge in [-0.15, -0.1) is 0 Å². The number of halogens is 1. The van der Waals surface area contributed by atoms with Crippen LogP contribution in [0.1, 0.15) is 11.1 Å². The molecule has 0 fully saturated rings. The van der Waals surface area contributed by atoms with E-state index in [-0.39, 0.29) is 22.0 Å². The second-order valence-electron chi connectivity index (χ2n) is 4.26. The number of thiocarbonyl (C=S) groups is 1. The first-order valence-electron chi connectivity index (χ1n) is 6.01. The van der Waals surface area contributed by atoms with E-state index in [2.05, 4.69) is 4.72 Å². The molecule has 0 atom stereocenters. The van der Waals surface area contributed by atoms with Crippen molar-refractivity contribution in [2.24, 2.45) is 5.73 Å². The minimum absolute atomic E-state index is 0.215. The molecule has 0 radical (unpaired) electrons. The van der Waals surface area contributed by atoms with Crippen molar-refractivity contribution in [1.82, 2.24) is 4.72 Å². The first-order valence-corrected chi connectivity index (χ1v) is 8.84. The van der Waals surface area contributed by atoms with Gasteiger partial charge in [-0.3, -0.25) is 0 Å². The lowest BCUT2D eigenvalue weighted by Crippen LogP contribution is -2.28. The third-order valence-corrected chi connectivity index (χ3v) is 5.24. The summed E-state index contributed by atoms with van der Waals surface area (Å²) in [5.41, 5.74) is 6.20. The Bertz CT molecular complexity index is 743. The Kier molecular flexibility index (Phi) is 5.04. The number of hydrogen-bond acceptors (Lipinski definition) is 4. The van der Waals surface area contributed by atoms with Crippen molar-refractivity contribution >= 4 is 38.6 Å². The van der Waals surface area contributed by atoms with Crippen LogP contribution < -0.4 is 10.5 Å². The quantitative estimate of drug-likeness (QED) is 0.787. The van der Waals surface area contributed by atoms with Gasteiger partial charge in [0.05, 0.1) is 10.5 Å². The summed E-state index contributed by atoms with van der Waals surface area (Å²) in [5, 5.41) is 3.86. The molecule has 0 spiro atoms. The van der Waals surface area contributed by atoms with Gasteiger partial charge in [0.2, 0.25) is 10.0 Å². The molecule has 112 valence electrons. The van der Waals surface area contributed by atoms with E-state index in [1.807, 2.05) is 16.8 Å². The van der Waals surface area contributed by atoms with Gasteiger partial charge in [0.15, 0.2) is 0 Å². The molecule has 0 unspecified atom stereocenters. The van der Waals surface area contributed by atoms with Crippen LogP contribution in [0.25, 0.3) is 0 Å². The van der Waals surface area contributed by atoms with Crippen LogP contribution >= 0.6 is 23.6 Å². The molecule has 8 heteroatoms. The lowest BCUT2D eigenvalue weighted by atomic mass is 10.2. The number of nitrogens with one attached hydrogen (secondary N) is 1. The minimum Gasteiger partial charge on any atom is -0.389 e. The highest BCUT2D eigenvalue weighted by Crippen LogP contribution is 2.19. The Morgan fingerprint density at radius 1 is 1.38 bits per heavy atom. The largest absolute Gasteiger partial charge is 0.389 e. The van der Waals surface area contributed by atoms with Crippen LogP contribution in [0.4, 0.5) is 4.39 Å². The summed E-state index contributed by atoms with van der Waals surface area (Å²) in [5.74, 6) is -0.747. The average Bonchev–Trinajstić information content (AvgIpc) is 2.91. The van der Waals surface area contributed by atoms with Crippen LogP contribution in [0.5, 0.6) is 0 Å². The topological polar surface area (TPSA) is 72.2 Å². The van der Waals surface area contributed by atoms with Crippen molar-refractivity contribution in [3.63, 3.8) is 0 Å². The molecular weight excluding hydrogens is 331 g/mol. The zero-order valence-corrected chi connectivity index (χ0v) is 13.3. The number of rotatable bonds is 6. The lowest BCUT2D eigenvalue weighted by molar-refractivity contribution is 0.577. The number of hydrogen-bond donors (Lipinski definition) is 2. The fourth-order valence-corrected chi connectivity index (χ4v) is 4.05. The standard InChI is InChI=1S/C13H13FN2O2S3/c14-10-2-1-3-11(12(10)13(15)19)21(17,18)16-6-4-9-5-7-20-8-9/h1-3,5,7-8,16H,4,6H2,(H2,15,19). The highest BCUT2D eigenvalue weighted by Gasteiger charge is 2.22. The van der Waals surface area contributed by atoms with Gasteiger partial charge in [-0.2, -0.15) is 11.3 Å². The maximum absolute atomic E-state index is 13.7. The second kappa shape index (κ2) is 6.61. The predicted octanol–water partition coefficient (Wildman–Crippen LogP) is 2.04. The Balaban J connectivity index is 2.20. The summed E-state index contributed by atoms with van der Waals surface area (Å²) < 4.78 is 40.6. The number of thiophene rings is 1. The van der Waals surface area contributed by atoms with Gasteiger partial charge >= 0.3 is 0 Å².